The van der Waals surface area contributed by atoms with Crippen LogP contribution in [0.25, 0.3) is 5.69 Å². The Hall–Kier alpha value is -2.68. The second-order valence-corrected chi connectivity index (χ2v) is 7.76. The molecule has 1 saturated heterocycles. The molecule has 0 spiro atoms. The van der Waals surface area contributed by atoms with Gasteiger partial charge in [-0.3, -0.25) is 0 Å². The van der Waals surface area contributed by atoms with Crippen LogP contribution in [0.4, 0.5) is 13.2 Å². The summed E-state index contributed by atoms with van der Waals surface area (Å²) < 4.78 is 59.2. The second-order valence-electron chi connectivity index (χ2n) is 7.76. The topological polar surface area (TPSA) is 45.5 Å². The first-order valence-electron chi connectivity index (χ1n) is 10.4. The van der Waals surface area contributed by atoms with Crippen LogP contribution in [0, 0.1) is 6.92 Å². The zero-order valence-corrected chi connectivity index (χ0v) is 17.9. The normalized spacial score (nSPS) is 21.6. The van der Waals surface area contributed by atoms with Crippen molar-refractivity contribution in [3.8, 4) is 5.69 Å². The van der Waals surface area contributed by atoms with Gasteiger partial charge in [0, 0.05) is 25.2 Å². The van der Waals surface area contributed by atoms with Crippen molar-refractivity contribution in [1.29, 1.82) is 0 Å². The number of imidazole rings is 1. The van der Waals surface area contributed by atoms with E-state index in [9.17, 15) is 13.2 Å². The van der Waals surface area contributed by atoms with Crippen molar-refractivity contribution in [1.82, 2.24) is 9.55 Å². The Morgan fingerprint density at radius 2 is 1.94 bits per heavy atom. The van der Waals surface area contributed by atoms with Gasteiger partial charge in [-0.25, -0.2) is 4.98 Å². The van der Waals surface area contributed by atoms with Crippen molar-refractivity contribution in [3.05, 3.63) is 83.4 Å². The highest BCUT2D eigenvalue weighted by molar-refractivity contribution is 5.35. The first kappa shape index (κ1) is 22.5. The van der Waals surface area contributed by atoms with Gasteiger partial charge in [-0.1, -0.05) is 24.3 Å². The molecule has 0 bridgehead atoms. The van der Waals surface area contributed by atoms with Gasteiger partial charge < -0.3 is 18.8 Å². The monoisotopic (exact) mass is 446 g/mol. The standard InChI is InChI=1S/C24H25F3N2O3/c1-16-28-11-12-29(16)20-8-6-17(7-9-20)15-32-23-21(30-2)10-13-31-22(23)18-4-3-5-19(14-18)24(25,26)27/h3-9,11-12,14,21-23H,10,13,15H2,1-2H3. The van der Waals surface area contributed by atoms with Crippen LogP contribution in [0.2, 0.25) is 0 Å². The highest BCUT2D eigenvalue weighted by atomic mass is 19.4. The van der Waals surface area contributed by atoms with E-state index in [1.54, 1.807) is 19.4 Å². The van der Waals surface area contributed by atoms with E-state index in [-0.39, 0.29) is 12.7 Å². The van der Waals surface area contributed by atoms with Crippen molar-refractivity contribution in [2.24, 2.45) is 0 Å². The van der Waals surface area contributed by atoms with Gasteiger partial charge in [0.15, 0.2) is 0 Å². The summed E-state index contributed by atoms with van der Waals surface area (Å²) in [5, 5.41) is 0. The van der Waals surface area contributed by atoms with Crippen LogP contribution in [-0.4, -0.2) is 35.5 Å². The van der Waals surface area contributed by atoms with Gasteiger partial charge >= 0.3 is 6.18 Å². The van der Waals surface area contributed by atoms with E-state index in [0.717, 1.165) is 29.2 Å². The number of alkyl halides is 3. The van der Waals surface area contributed by atoms with E-state index in [1.165, 1.54) is 6.07 Å². The summed E-state index contributed by atoms with van der Waals surface area (Å²) in [6.07, 6.45) is -1.64. The lowest BCUT2D eigenvalue weighted by Crippen LogP contribution is -2.42. The quantitative estimate of drug-likeness (QED) is 0.518. The third-order valence-electron chi connectivity index (χ3n) is 5.69. The van der Waals surface area contributed by atoms with Crippen molar-refractivity contribution in [2.75, 3.05) is 13.7 Å². The zero-order chi connectivity index (χ0) is 22.7. The Kier molecular flexibility index (Phi) is 6.64. The maximum Gasteiger partial charge on any atom is 0.416 e. The number of aryl methyl sites for hydroxylation is 1. The number of aromatic nitrogens is 2. The smallest absolute Gasteiger partial charge is 0.379 e. The van der Waals surface area contributed by atoms with Crippen LogP contribution < -0.4 is 0 Å². The molecule has 0 N–H and O–H groups in total. The van der Waals surface area contributed by atoms with E-state index in [4.69, 9.17) is 14.2 Å². The minimum atomic E-state index is -4.42. The number of benzene rings is 2. The van der Waals surface area contributed by atoms with Gasteiger partial charge in [0.1, 0.15) is 18.0 Å². The van der Waals surface area contributed by atoms with Crippen LogP contribution in [0.1, 0.15) is 35.0 Å². The van der Waals surface area contributed by atoms with Crippen LogP contribution >= 0.6 is 0 Å². The van der Waals surface area contributed by atoms with E-state index < -0.39 is 23.9 Å². The molecule has 4 rings (SSSR count). The predicted octanol–water partition coefficient (Wildman–Crippen LogP) is 5.26. The summed E-state index contributed by atoms with van der Waals surface area (Å²) in [4.78, 5) is 4.23. The molecule has 3 aromatic rings. The summed E-state index contributed by atoms with van der Waals surface area (Å²) in [6.45, 7) is 2.60. The largest absolute Gasteiger partial charge is 0.416 e. The number of nitrogens with zero attached hydrogens (tertiary/aromatic N) is 2. The molecule has 1 fully saturated rings. The maximum atomic E-state index is 13.2. The van der Waals surface area contributed by atoms with Crippen molar-refractivity contribution in [3.63, 3.8) is 0 Å². The lowest BCUT2D eigenvalue weighted by Gasteiger charge is -2.37. The van der Waals surface area contributed by atoms with Crippen molar-refractivity contribution in [2.45, 2.75) is 44.4 Å². The summed E-state index contributed by atoms with van der Waals surface area (Å²) in [6, 6.07) is 13.1. The Labute approximate surface area is 184 Å². The molecule has 1 aliphatic rings. The lowest BCUT2D eigenvalue weighted by atomic mass is 9.94. The third kappa shape index (κ3) is 4.87. The van der Waals surface area contributed by atoms with Crippen LogP contribution in [0.15, 0.2) is 60.9 Å². The van der Waals surface area contributed by atoms with Gasteiger partial charge in [-0.05, 0) is 48.7 Å². The fourth-order valence-corrected chi connectivity index (χ4v) is 3.99. The van der Waals surface area contributed by atoms with Gasteiger partial charge in [-0.15, -0.1) is 0 Å². The SMILES string of the molecule is COC1CCOC(c2cccc(C(F)(F)F)c2)C1OCc1ccc(-n2ccnc2C)cc1. The molecule has 1 aromatic heterocycles. The predicted molar refractivity (Wildman–Crippen MR) is 112 cm³/mol. The second kappa shape index (κ2) is 9.44. The van der Waals surface area contributed by atoms with Crippen molar-refractivity contribution < 1.29 is 27.4 Å². The zero-order valence-electron chi connectivity index (χ0n) is 17.9. The maximum absolute atomic E-state index is 13.2. The first-order valence-corrected chi connectivity index (χ1v) is 10.4. The molecule has 1 aliphatic heterocycles. The van der Waals surface area contributed by atoms with Crippen LogP contribution in [0.5, 0.6) is 0 Å². The molecule has 5 nitrogen and oxygen atoms in total. The van der Waals surface area contributed by atoms with E-state index >= 15 is 0 Å². The molecular weight excluding hydrogens is 421 g/mol. The van der Waals surface area contributed by atoms with Crippen LogP contribution in [0.3, 0.4) is 0 Å². The van der Waals surface area contributed by atoms with Gasteiger partial charge in [0.05, 0.1) is 24.9 Å². The van der Waals surface area contributed by atoms with Gasteiger partial charge in [0.2, 0.25) is 0 Å². The molecule has 2 aromatic carbocycles. The van der Waals surface area contributed by atoms with Gasteiger partial charge in [-0.2, -0.15) is 13.2 Å². The fourth-order valence-electron chi connectivity index (χ4n) is 3.99. The Morgan fingerprint density at radius 1 is 1.16 bits per heavy atom. The Balaban J connectivity index is 1.51. The number of ether oxygens (including phenoxy) is 3. The molecule has 32 heavy (non-hydrogen) atoms. The number of rotatable bonds is 6. The molecule has 2 heterocycles. The minimum absolute atomic E-state index is 0.281. The van der Waals surface area contributed by atoms with E-state index in [2.05, 4.69) is 4.98 Å². The van der Waals surface area contributed by atoms with E-state index in [0.29, 0.717) is 18.6 Å². The summed E-state index contributed by atoms with van der Waals surface area (Å²) in [5.74, 6) is 0.889. The highest BCUT2D eigenvalue weighted by Crippen LogP contribution is 2.36. The number of methoxy groups -OCH3 is 1. The minimum Gasteiger partial charge on any atom is -0.379 e. The van der Waals surface area contributed by atoms with E-state index in [1.807, 2.05) is 42.0 Å². The number of hydrogen-bond acceptors (Lipinski definition) is 4. The number of halogens is 3. The molecule has 0 radical (unpaired) electrons. The van der Waals surface area contributed by atoms with Gasteiger partial charge in [0.25, 0.3) is 0 Å². The molecule has 3 unspecified atom stereocenters. The number of hydrogen-bond donors (Lipinski definition) is 0. The molecule has 8 heteroatoms. The Bertz CT molecular complexity index is 1030. The lowest BCUT2D eigenvalue weighted by molar-refractivity contribution is -0.175. The molecule has 0 saturated carbocycles. The average molecular weight is 446 g/mol. The Morgan fingerprint density at radius 3 is 2.59 bits per heavy atom. The van der Waals surface area contributed by atoms with Crippen molar-refractivity contribution >= 4 is 0 Å². The summed E-state index contributed by atoms with van der Waals surface area (Å²) in [5.41, 5.74) is 1.65. The summed E-state index contributed by atoms with van der Waals surface area (Å²) in [7, 11) is 1.58. The molecule has 0 aliphatic carbocycles. The molecule has 3 atom stereocenters. The molecule has 0 amide bonds. The van der Waals surface area contributed by atoms with Crippen LogP contribution in [-0.2, 0) is 27.0 Å². The summed E-state index contributed by atoms with van der Waals surface area (Å²) >= 11 is 0. The molecular formula is C24H25F3N2O3. The third-order valence-corrected chi connectivity index (χ3v) is 5.69. The fraction of sp³-hybridized carbons (Fsp3) is 0.375. The molecule has 170 valence electrons. The average Bonchev–Trinajstić information content (AvgIpc) is 3.23. The highest BCUT2D eigenvalue weighted by Gasteiger charge is 2.38. The first-order chi connectivity index (χ1) is 15.4.